The Labute approximate surface area is 239 Å². The molecule has 4 aromatic rings. The smallest absolute Gasteiger partial charge is 0.199 e. The predicted octanol–water partition coefficient (Wildman–Crippen LogP) is 7.32. The van der Waals surface area contributed by atoms with Crippen molar-refractivity contribution < 1.29 is 18.7 Å². The van der Waals surface area contributed by atoms with E-state index in [-0.39, 0.29) is 11.6 Å². The molecule has 0 aliphatic heterocycles. The van der Waals surface area contributed by atoms with Crippen molar-refractivity contribution in [3.05, 3.63) is 132 Å². The van der Waals surface area contributed by atoms with E-state index in [9.17, 15) is 9.59 Å². The van der Waals surface area contributed by atoms with Gasteiger partial charge in [-0.1, -0.05) is 99.2 Å². The molecule has 4 heteroatoms. The zero-order valence-electron chi connectivity index (χ0n) is 23.6. The van der Waals surface area contributed by atoms with Gasteiger partial charge in [0.25, 0.3) is 0 Å². The Morgan fingerprint density at radius 3 is 1.10 bits per heavy atom. The van der Waals surface area contributed by atoms with E-state index in [1.807, 2.05) is 97.3 Å². The van der Waals surface area contributed by atoms with Gasteiger partial charge in [-0.2, -0.15) is 0 Å². The van der Waals surface area contributed by atoms with Crippen LogP contribution in [-0.2, 0) is 13.1 Å². The third-order valence-corrected chi connectivity index (χ3v) is 7.40. The quantitative estimate of drug-likeness (QED) is 0.0809. The molecule has 0 N–H and O–H groups in total. The van der Waals surface area contributed by atoms with Crippen molar-refractivity contribution in [1.29, 1.82) is 0 Å². The van der Waals surface area contributed by atoms with Crippen molar-refractivity contribution in [2.24, 2.45) is 0 Å². The molecule has 0 fully saturated rings. The Morgan fingerprint density at radius 2 is 0.725 bits per heavy atom. The summed E-state index contributed by atoms with van der Waals surface area (Å²) in [5.74, 6) is 0.163. The number of aryl methyl sites for hydroxylation is 2. The standard InChI is InChI=1S/C36H42N2O2/c39-35(31-19-11-9-12-20-31)33-23-17-27-37(29-33)25-15-7-5-3-1-2-4-6-8-16-26-38-28-18-24-34(30-38)36(40)32-21-13-10-14-22-32/h9-14,17-24,27-30H,1-8,15-16,25-26H2/q+2. The van der Waals surface area contributed by atoms with Gasteiger partial charge >= 0.3 is 0 Å². The minimum atomic E-state index is 0.0817. The maximum atomic E-state index is 12.7. The number of carbonyl (C=O) groups is 2. The number of carbonyl (C=O) groups excluding carboxylic acids is 2. The number of rotatable bonds is 17. The van der Waals surface area contributed by atoms with Gasteiger partial charge in [0, 0.05) is 36.1 Å². The fraction of sp³-hybridized carbons (Fsp3) is 0.333. The van der Waals surface area contributed by atoms with Gasteiger partial charge in [-0.05, 0) is 25.0 Å². The van der Waals surface area contributed by atoms with E-state index in [0.717, 1.165) is 48.2 Å². The molecule has 0 amide bonds. The molecule has 0 spiro atoms. The van der Waals surface area contributed by atoms with Crippen LogP contribution >= 0.6 is 0 Å². The highest BCUT2D eigenvalue weighted by Crippen LogP contribution is 2.12. The fourth-order valence-corrected chi connectivity index (χ4v) is 5.11. The van der Waals surface area contributed by atoms with Gasteiger partial charge in [0.05, 0.1) is 11.1 Å². The minimum Gasteiger partial charge on any atom is -0.288 e. The molecule has 0 saturated carbocycles. The Morgan fingerprint density at radius 1 is 0.400 bits per heavy atom. The number of pyridine rings is 2. The number of nitrogens with zero attached hydrogens (tertiary/aromatic N) is 2. The lowest BCUT2D eigenvalue weighted by Gasteiger charge is -2.03. The molecule has 0 aliphatic carbocycles. The molecule has 0 saturated heterocycles. The predicted molar refractivity (Wildman–Crippen MR) is 159 cm³/mol. The Kier molecular flexibility index (Phi) is 11.8. The first-order valence-corrected chi connectivity index (χ1v) is 14.9. The lowest BCUT2D eigenvalue weighted by molar-refractivity contribution is -0.697. The molecule has 2 aromatic carbocycles. The molecule has 40 heavy (non-hydrogen) atoms. The number of hydrogen-bond acceptors (Lipinski definition) is 2. The van der Waals surface area contributed by atoms with Crippen LogP contribution in [0.2, 0.25) is 0 Å². The van der Waals surface area contributed by atoms with Crippen LogP contribution in [0.3, 0.4) is 0 Å². The van der Waals surface area contributed by atoms with E-state index in [0.29, 0.717) is 0 Å². The highest BCUT2D eigenvalue weighted by molar-refractivity contribution is 6.09. The van der Waals surface area contributed by atoms with Crippen molar-refractivity contribution >= 4 is 11.6 Å². The molecule has 0 atom stereocenters. The summed E-state index contributed by atoms with van der Waals surface area (Å²) in [4.78, 5) is 25.4. The average Bonchev–Trinajstić information content (AvgIpc) is 3.02. The summed E-state index contributed by atoms with van der Waals surface area (Å²) in [6, 6.07) is 26.7. The average molecular weight is 535 g/mol. The van der Waals surface area contributed by atoms with E-state index in [1.165, 1.54) is 51.4 Å². The summed E-state index contributed by atoms with van der Waals surface area (Å²) in [7, 11) is 0. The summed E-state index contributed by atoms with van der Waals surface area (Å²) in [6.07, 6.45) is 20.6. The highest BCUT2D eigenvalue weighted by atomic mass is 16.1. The van der Waals surface area contributed by atoms with Gasteiger partial charge in [0.2, 0.25) is 0 Å². The monoisotopic (exact) mass is 534 g/mol. The van der Waals surface area contributed by atoms with E-state index in [1.54, 1.807) is 0 Å². The van der Waals surface area contributed by atoms with Gasteiger partial charge in [0.1, 0.15) is 13.1 Å². The van der Waals surface area contributed by atoms with Crippen molar-refractivity contribution in [3.63, 3.8) is 0 Å². The van der Waals surface area contributed by atoms with Crippen LogP contribution in [0.5, 0.6) is 0 Å². The number of ketones is 2. The van der Waals surface area contributed by atoms with Gasteiger partial charge in [0.15, 0.2) is 36.4 Å². The summed E-state index contributed by atoms with van der Waals surface area (Å²) >= 11 is 0. The summed E-state index contributed by atoms with van der Waals surface area (Å²) in [5, 5.41) is 0. The summed E-state index contributed by atoms with van der Waals surface area (Å²) in [6.45, 7) is 1.91. The largest absolute Gasteiger partial charge is 0.288 e. The van der Waals surface area contributed by atoms with Gasteiger partial charge in [-0.25, -0.2) is 9.13 Å². The zero-order valence-corrected chi connectivity index (χ0v) is 23.6. The van der Waals surface area contributed by atoms with Crippen molar-refractivity contribution in [1.82, 2.24) is 0 Å². The van der Waals surface area contributed by atoms with E-state index >= 15 is 0 Å². The van der Waals surface area contributed by atoms with Crippen LogP contribution < -0.4 is 9.13 Å². The van der Waals surface area contributed by atoms with Crippen molar-refractivity contribution in [2.45, 2.75) is 77.3 Å². The second-order valence-electron chi connectivity index (χ2n) is 10.6. The molecular weight excluding hydrogens is 492 g/mol. The third-order valence-electron chi connectivity index (χ3n) is 7.40. The highest BCUT2D eigenvalue weighted by Gasteiger charge is 2.13. The van der Waals surface area contributed by atoms with Crippen molar-refractivity contribution in [3.8, 4) is 0 Å². The van der Waals surface area contributed by atoms with Crippen LogP contribution in [0.15, 0.2) is 110 Å². The first kappa shape index (κ1) is 29.1. The SMILES string of the molecule is O=C(c1ccccc1)c1ccc[n+](CCCCCCCCCCCC[n+]2cccc(C(=O)c3ccccc3)c2)c1. The maximum Gasteiger partial charge on any atom is 0.199 e. The Balaban J connectivity index is 1.02. The molecule has 2 heterocycles. The molecule has 0 aliphatic rings. The van der Waals surface area contributed by atoms with Crippen LogP contribution in [0.4, 0.5) is 0 Å². The van der Waals surface area contributed by atoms with Gasteiger partial charge in [-0.15, -0.1) is 0 Å². The number of unbranched alkanes of at least 4 members (excludes halogenated alkanes) is 9. The normalized spacial score (nSPS) is 10.9. The van der Waals surface area contributed by atoms with Crippen LogP contribution in [0.1, 0.15) is 96.1 Å². The first-order chi connectivity index (χ1) is 19.7. The fourth-order valence-electron chi connectivity index (χ4n) is 5.11. The maximum absolute atomic E-state index is 12.7. The lowest BCUT2D eigenvalue weighted by atomic mass is 10.0. The molecule has 206 valence electrons. The lowest BCUT2D eigenvalue weighted by Crippen LogP contribution is -2.33. The van der Waals surface area contributed by atoms with Crippen molar-refractivity contribution in [2.75, 3.05) is 0 Å². The molecule has 0 radical (unpaired) electrons. The Bertz CT molecular complexity index is 1230. The first-order valence-electron chi connectivity index (χ1n) is 14.9. The molecule has 2 aromatic heterocycles. The number of hydrogen-bond donors (Lipinski definition) is 0. The molecule has 4 rings (SSSR count). The number of benzene rings is 2. The molecule has 0 unspecified atom stereocenters. The molecular formula is C36H42N2O2+2. The van der Waals surface area contributed by atoms with Gasteiger partial charge in [-0.3, -0.25) is 9.59 Å². The van der Waals surface area contributed by atoms with Crippen LogP contribution in [0.25, 0.3) is 0 Å². The summed E-state index contributed by atoms with van der Waals surface area (Å²) in [5.41, 5.74) is 2.97. The van der Waals surface area contributed by atoms with E-state index < -0.39 is 0 Å². The molecule has 0 bridgehead atoms. The second kappa shape index (κ2) is 16.2. The van der Waals surface area contributed by atoms with Crippen LogP contribution in [0, 0.1) is 0 Å². The van der Waals surface area contributed by atoms with E-state index in [4.69, 9.17) is 0 Å². The third kappa shape index (κ3) is 9.37. The molecule has 4 nitrogen and oxygen atoms in total. The second-order valence-corrected chi connectivity index (χ2v) is 10.6. The van der Waals surface area contributed by atoms with E-state index in [2.05, 4.69) is 21.5 Å². The minimum absolute atomic E-state index is 0.0817. The number of aromatic nitrogens is 2. The zero-order chi connectivity index (χ0) is 27.8. The topological polar surface area (TPSA) is 41.9 Å². The summed E-state index contributed by atoms with van der Waals surface area (Å²) < 4.78 is 4.29. The van der Waals surface area contributed by atoms with Gasteiger partial charge < -0.3 is 0 Å². The van der Waals surface area contributed by atoms with Crippen LogP contribution in [-0.4, -0.2) is 11.6 Å². The Hall–Kier alpha value is -3.92.